The molecule has 196 valence electrons. The Hall–Kier alpha value is -4.35. The SMILES string of the molecule is COc1cc2[nH]ncc2cc1Nc1nc(-c2ccc3c(c2)CN(C(=O)OC2CC(F)(F)C2)CC3)ncc1F. The number of methoxy groups -OCH3 is 1. The molecule has 9 nitrogen and oxygen atoms in total. The van der Waals surface area contributed by atoms with Crippen molar-refractivity contribution >= 4 is 28.5 Å². The number of aromatic nitrogens is 4. The van der Waals surface area contributed by atoms with Gasteiger partial charge in [0.1, 0.15) is 11.9 Å². The van der Waals surface area contributed by atoms with Crippen LogP contribution in [0.25, 0.3) is 22.3 Å². The van der Waals surface area contributed by atoms with Crippen LogP contribution in [-0.4, -0.2) is 56.8 Å². The Morgan fingerprint density at radius 2 is 2.03 bits per heavy atom. The van der Waals surface area contributed by atoms with E-state index >= 15 is 0 Å². The first kappa shape index (κ1) is 24.0. The molecule has 1 fully saturated rings. The second-order valence-corrected chi connectivity index (χ2v) is 9.45. The summed E-state index contributed by atoms with van der Waals surface area (Å²) >= 11 is 0. The third-order valence-electron chi connectivity index (χ3n) is 6.81. The number of halogens is 3. The summed E-state index contributed by atoms with van der Waals surface area (Å²) in [5.74, 6) is -2.66. The lowest BCUT2D eigenvalue weighted by molar-refractivity contribution is -0.148. The highest BCUT2D eigenvalue weighted by Crippen LogP contribution is 2.40. The highest BCUT2D eigenvalue weighted by molar-refractivity contribution is 5.86. The molecule has 2 N–H and O–H groups in total. The van der Waals surface area contributed by atoms with Crippen LogP contribution < -0.4 is 10.1 Å². The number of H-pyrrole nitrogens is 1. The van der Waals surface area contributed by atoms with Crippen molar-refractivity contribution in [1.82, 2.24) is 25.1 Å². The number of aromatic amines is 1. The van der Waals surface area contributed by atoms with Gasteiger partial charge in [0.25, 0.3) is 5.92 Å². The van der Waals surface area contributed by atoms with Gasteiger partial charge in [0, 0.05) is 42.9 Å². The Kier molecular flexibility index (Phi) is 5.81. The van der Waals surface area contributed by atoms with Crippen LogP contribution in [0, 0.1) is 5.82 Å². The molecule has 1 saturated carbocycles. The average molecular weight is 525 g/mol. The molecule has 2 aliphatic rings. The standard InChI is InChI=1S/C26H23F3N6O3/c1-37-22-8-20-16(11-31-34-20)7-21(22)32-24-19(27)12-30-23(33-24)15-3-2-14-4-5-35(13-17(14)6-15)25(36)38-18-9-26(28,29)10-18/h2-3,6-8,11-12,18H,4-5,9-10,13H2,1H3,(H,31,34)(H,30,32,33). The molecule has 6 rings (SSSR count). The zero-order valence-electron chi connectivity index (χ0n) is 20.3. The van der Waals surface area contributed by atoms with E-state index in [-0.39, 0.29) is 18.2 Å². The molecule has 2 aromatic heterocycles. The molecule has 4 aromatic rings. The molecule has 12 heteroatoms. The third-order valence-corrected chi connectivity index (χ3v) is 6.81. The summed E-state index contributed by atoms with van der Waals surface area (Å²) < 4.78 is 51.6. The average Bonchev–Trinajstić information content (AvgIpc) is 3.35. The molecule has 0 bridgehead atoms. The maximum Gasteiger partial charge on any atom is 0.410 e. The molecule has 38 heavy (non-hydrogen) atoms. The molecule has 0 unspecified atom stereocenters. The van der Waals surface area contributed by atoms with Crippen molar-refractivity contribution in [3.63, 3.8) is 0 Å². The zero-order chi connectivity index (χ0) is 26.4. The molecular formula is C26H23F3N6O3. The Morgan fingerprint density at radius 3 is 2.82 bits per heavy atom. The van der Waals surface area contributed by atoms with Crippen LogP contribution in [-0.2, 0) is 17.7 Å². The predicted molar refractivity (Wildman–Crippen MR) is 132 cm³/mol. The fourth-order valence-electron chi connectivity index (χ4n) is 4.72. The summed E-state index contributed by atoms with van der Waals surface area (Å²) in [5.41, 5.74) is 3.83. The number of carbonyl (C=O) groups is 1. The molecule has 0 radical (unpaired) electrons. The largest absolute Gasteiger partial charge is 0.494 e. The fraction of sp³-hybridized carbons (Fsp3) is 0.308. The molecule has 0 atom stereocenters. The van der Waals surface area contributed by atoms with E-state index in [0.29, 0.717) is 30.0 Å². The second-order valence-electron chi connectivity index (χ2n) is 9.45. The molecule has 0 spiro atoms. The van der Waals surface area contributed by atoms with E-state index in [1.165, 1.54) is 12.0 Å². The van der Waals surface area contributed by atoms with Gasteiger partial charge in [-0.1, -0.05) is 12.1 Å². The van der Waals surface area contributed by atoms with Crippen molar-refractivity contribution < 1.29 is 27.4 Å². The van der Waals surface area contributed by atoms with Crippen LogP contribution in [0.5, 0.6) is 5.75 Å². The Bertz CT molecular complexity index is 1530. The normalized spacial score (nSPS) is 16.6. The van der Waals surface area contributed by atoms with Crippen LogP contribution in [0.3, 0.4) is 0 Å². The number of rotatable bonds is 5. The number of nitrogens with one attached hydrogen (secondary N) is 2. The van der Waals surface area contributed by atoms with Crippen LogP contribution >= 0.6 is 0 Å². The number of ether oxygens (including phenoxy) is 2. The lowest BCUT2D eigenvalue weighted by Gasteiger charge is -2.36. The first-order chi connectivity index (χ1) is 18.3. The van der Waals surface area contributed by atoms with Gasteiger partial charge in [0.05, 0.1) is 30.7 Å². The number of hydrogen-bond acceptors (Lipinski definition) is 7. The van der Waals surface area contributed by atoms with Gasteiger partial charge < -0.3 is 19.7 Å². The summed E-state index contributed by atoms with van der Waals surface area (Å²) in [5, 5.41) is 10.7. The lowest BCUT2D eigenvalue weighted by Crippen LogP contribution is -2.46. The zero-order valence-corrected chi connectivity index (χ0v) is 20.3. The molecule has 1 aliphatic heterocycles. The van der Waals surface area contributed by atoms with Gasteiger partial charge in [0.2, 0.25) is 0 Å². The van der Waals surface area contributed by atoms with E-state index in [9.17, 15) is 18.0 Å². The first-order valence-corrected chi connectivity index (χ1v) is 12.0. The van der Waals surface area contributed by atoms with Crippen molar-refractivity contribution in [2.24, 2.45) is 0 Å². The van der Waals surface area contributed by atoms with Crippen LogP contribution in [0.4, 0.5) is 29.5 Å². The number of benzene rings is 2. The number of carbonyl (C=O) groups excluding carboxylic acids is 1. The highest BCUT2D eigenvalue weighted by Gasteiger charge is 2.48. The Labute approximate surface area is 215 Å². The second kappa shape index (κ2) is 9.19. The van der Waals surface area contributed by atoms with E-state index in [1.807, 2.05) is 18.2 Å². The molecule has 1 amide bonds. The number of fused-ring (bicyclic) bond motifs is 2. The van der Waals surface area contributed by atoms with Gasteiger partial charge in [0.15, 0.2) is 17.5 Å². The molecular weight excluding hydrogens is 501 g/mol. The Balaban J connectivity index is 1.22. The number of alkyl halides is 2. The number of nitrogens with zero attached hydrogens (tertiary/aromatic N) is 4. The fourth-order valence-corrected chi connectivity index (χ4v) is 4.72. The summed E-state index contributed by atoms with van der Waals surface area (Å²) in [6.45, 7) is 0.692. The lowest BCUT2D eigenvalue weighted by atomic mass is 9.91. The van der Waals surface area contributed by atoms with Crippen molar-refractivity contribution in [2.75, 3.05) is 19.0 Å². The maximum absolute atomic E-state index is 14.7. The molecule has 1 aliphatic carbocycles. The van der Waals surface area contributed by atoms with E-state index in [4.69, 9.17) is 9.47 Å². The van der Waals surface area contributed by atoms with Gasteiger partial charge in [-0.25, -0.2) is 27.9 Å². The van der Waals surface area contributed by atoms with Gasteiger partial charge in [-0.3, -0.25) is 5.10 Å². The number of hydrogen-bond donors (Lipinski definition) is 2. The van der Waals surface area contributed by atoms with E-state index in [1.54, 1.807) is 18.3 Å². The Morgan fingerprint density at radius 1 is 1.18 bits per heavy atom. The summed E-state index contributed by atoms with van der Waals surface area (Å²) in [4.78, 5) is 22.6. The predicted octanol–water partition coefficient (Wildman–Crippen LogP) is 5.20. The van der Waals surface area contributed by atoms with Gasteiger partial charge in [-0.05, 0) is 29.7 Å². The molecule has 3 heterocycles. The summed E-state index contributed by atoms with van der Waals surface area (Å²) in [6, 6.07) is 9.15. The van der Waals surface area contributed by atoms with Gasteiger partial charge in [-0.15, -0.1) is 0 Å². The monoisotopic (exact) mass is 524 g/mol. The van der Waals surface area contributed by atoms with E-state index < -0.39 is 36.8 Å². The third kappa shape index (κ3) is 4.57. The first-order valence-electron chi connectivity index (χ1n) is 12.0. The van der Waals surface area contributed by atoms with Crippen molar-refractivity contribution in [3.05, 3.63) is 59.7 Å². The van der Waals surface area contributed by atoms with Gasteiger partial charge in [-0.2, -0.15) is 5.10 Å². The highest BCUT2D eigenvalue weighted by atomic mass is 19.3. The quantitative estimate of drug-likeness (QED) is 0.370. The number of amides is 1. The molecule has 0 saturated heterocycles. The topological polar surface area (TPSA) is 105 Å². The summed E-state index contributed by atoms with van der Waals surface area (Å²) in [7, 11) is 1.51. The van der Waals surface area contributed by atoms with Crippen molar-refractivity contribution in [2.45, 2.75) is 37.8 Å². The van der Waals surface area contributed by atoms with Gasteiger partial charge >= 0.3 is 6.09 Å². The van der Waals surface area contributed by atoms with E-state index in [2.05, 4.69) is 25.5 Å². The molecule has 2 aromatic carbocycles. The van der Waals surface area contributed by atoms with Crippen molar-refractivity contribution in [3.8, 4) is 17.1 Å². The smallest absolute Gasteiger partial charge is 0.410 e. The summed E-state index contributed by atoms with van der Waals surface area (Å²) in [6.07, 6.45) is 1.10. The van der Waals surface area contributed by atoms with E-state index in [0.717, 1.165) is 28.2 Å². The van der Waals surface area contributed by atoms with Crippen LogP contribution in [0.1, 0.15) is 24.0 Å². The maximum atomic E-state index is 14.7. The van der Waals surface area contributed by atoms with Crippen LogP contribution in [0.15, 0.2) is 42.7 Å². The van der Waals surface area contributed by atoms with Crippen LogP contribution in [0.2, 0.25) is 0 Å². The number of anilines is 2. The minimum Gasteiger partial charge on any atom is -0.494 e. The minimum atomic E-state index is -2.76. The minimum absolute atomic E-state index is 0.0311. The van der Waals surface area contributed by atoms with Crippen molar-refractivity contribution in [1.29, 1.82) is 0 Å².